The second-order valence-corrected chi connectivity index (χ2v) is 4.53. The molecule has 7 heteroatoms. The molecule has 0 radical (unpaired) electrons. The number of aryl methyl sites for hydroxylation is 1. The highest BCUT2D eigenvalue weighted by molar-refractivity contribution is 5.99. The highest BCUT2D eigenvalue weighted by Gasteiger charge is 2.19. The number of unbranched alkanes of at least 4 members (excludes halogenated alkanes) is 1. The van der Waals surface area contributed by atoms with Gasteiger partial charge in [-0.2, -0.15) is 5.10 Å². The monoisotopic (exact) mass is 282 g/mol. The minimum atomic E-state index is -2.67. The van der Waals surface area contributed by atoms with Gasteiger partial charge in [0.25, 0.3) is 12.3 Å². The molecule has 1 N–H and O–H groups in total. The predicted octanol–water partition coefficient (Wildman–Crippen LogP) is 2.51. The summed E-state index contributed by atoms with van der Waals surface area (Å²) in [6, 6.07) is 1.27. The molecular weight excluding hydrogens is 266 g/mol. The summed E-state index contributed by atoms with van der Waals surface area (Å²) < 4.78 is 26.9. The number of hydrogen-bond acceptors (Lipinski definition) is 3. The van der Waals surface area contributed by atoms with Crippen LogP contribution in [0.4, 0.5) is 8.78 Å². The van der Waals surface area contributed by atoms with Crippen molar-refractivity contribution in [1.82, 2.24) is 19.9 Å². The Balaban J connectivity index is 2.38. The number of halogens is 2. The highest BCUT2D eigenvalue weighted by Crippen LogP contribution is 2.21. The Kier molecular flexibility index (Phi) is 4.26. The highest BCUT2D eigenvalue weighted by atomic mass is 19.3. The van der Waals surface area contributed by atoms with Gasteiger partial charge >= 0.3 is 0 Å². The predicted molar refractivity (Wildman–Crippen MR) is 69.9 cm³/mol. The molecule has 2 heterocycles. The summed E-state index contributed by atoms with van der Waals surface area (Å²) in [7, 11) is 0. The second kappa shape index (κ2) is 5.94. The third-order valence-corrected chi connectivity index (χ3v) is 2.91. The van der Waals surface area contributed by atoms with E-state index < -0.39 is 6.43 Å². The van der Waals surface area contributed by atoms with Gasteiger partial charge in [-0.05, 0) is 19.4 Å². The van der Waals surface area contributed by atoms with Crippen molar-refractivity contribution in [2.45, 2.75) is 33.1 Å². The zero-order chi connectivity index (χ0) is 14.7. The number of hydrogen-bond donors (Lipinski definition) is 1. The van der Waals surface area contributed by atoms with Crippen molar-refractivity contribution in [3.63, 3.8) is 0 Å². The number of carbonyl (C=O) groups excluding carboxylic acids is 1. The van der Waals surface area contributed by atoms with Crippen LogP contribution in [0.5, 0.6) is 0 Å². The van der Waals surface area contributed by atoms with Gasteiger partial charge in [0, 0.05) is 12.2 Å². The minimum Gasteiger partial charge on any atom is -0.352 e. The van der Waals surface area contributed by atoms with Crippen LogP contribution in [0.1, 0.15) is 47.9 Å². The molecule has 0 aliphatic rings. The van der Waals surface area contributed by atoms with E-state index >= 15 is 0 Å². The standard InChI is InChI=1S/C13H16F2N4O/c1-3-4-5-16-13(20)9-7-17-19-10(11(14)15)6-8(2)18-12(9)19/h6-7,11H,3-5H2,1-2H3,(H,16,20). The minimum absolute atomic E-state index is 0.161. The Morgan fingerprint density at radius 2 is 2.25 bits per heavy atom. The van der Waals surface area contributed by atoms with Crippen LogP contribution in [0.2, 0.25) is 0 Å². The van der Waals surface area contributed by atoms with Crippen LogP contribution < -0.4 is 5.32 Å². The van der Waals surface area contributed by atoms with E-state index in [1.54, 1.807) is 6.92 Å². The number of nitrogens with zero attached hydrogens (tertiary/aromatic N) is 3. The van der Waals surface area contributed by atoms with E-state index in [1.165, 1.54) is 12.3 Å². The largest absolute Gasteiger partial charge is 0.352 e. The Morgan fingerprint density at radius 1 is 1.50 bits per heavy atom. The van der Waals surface area contributed by atoms with Gasteiger partial charge in [0.2, 0.25) is 0 Å². The molecule has 0 spiro atoms. The Bertz CT molecular complexity index is 624. The zero-order valence-electron chi connectivity index (χ0n) is 11.4. The van der Waals surface area contributed by atoms with Crippen LogP contribution in [0, 0.1) is 6.92 Å². The van der Waals surface area contributed by atoms with Crippen LogP contribution in [0.25, 0.3) is 5.65 Å². The fraction of sp³-hybridized carbons (Fsp3) is 0.462. The first-order valence-electron chi connectivity index (χ1n) is 6.46. The maximum atomic E-state index is 12.9. The normalized spacial score (nSPS) is 11.2. The number of fused-ring (bicyclic) bond motifs is 1. The van der Waals surface area contributed by atoms with Gasteiger partial charge in [-0.1, -0.05) is 13.3 Å². The average molecular weight is 282 g/mol. The molecule has 0 saturated heterocycles. The first-order chi connectivity index (χ1) is 9.54. The molecule has 0 bridgehead atoms. The van der Waals surface area contributed by atoms with Crippen molar-refractivity contribution in [3.8, 4) is 0 Å². The second-order valence-electron chi connectivity index (χ2n) is 4.53. The van der Waals surface area contributed by atoms with E-state index in [-0.39, 0.29) is 22.8 Å². The van der Waals surface area contributed by atoms with E-state index in [1.807, 2.05) is 6.92 Å². The molecule has 0 aliphatic carbocycles. The molecule has 0 atom stereocenters. The van der Waals surface area contributed by atoms with E-state index in [2.05, 4.69) is 15.4 Å². The number of carbonyl (C=O) groups is 1. The molecule has 0 aromatic carbocycles. The molecule has 20 heavy (non-hydrogen) atoms. The van der Waals surface area contributed by atoms with Gasteiger partial charge in [0.1, 0.15) is 11.3 Å². The average Bonchev–Trinajstić information content (AvgIpc) is 2.81. The number of rotatable bonds is 5. The lowest BCUT2D eigenvalue weighted by Crippen LogP contribution is -2.24. The van der Waals surface area contributed by atoms with Crippen LogP contribution >= 0.6 is 0 Å². The molecule has 2 aromatic heterocycles. The molecule has 0 unspecified atom stereocenters. The third kappa shape index (κ3) is 2.76. The van der Waals surface area contributed by atoms with Crippen LogP contribution in [-0.4, -0.2) is 27.0 Å². The molecule has 0 saturated carbocycles. The summed E-state index contributed by atoms with van der Waals surface area (Å²) >= 11 is 0. The molecule has 1 amide bonds. The fourth-order valence-corrected chi connectivity index (χ4v) is 1.90. The summed E-state index contributed by atoms with van der Waals surface area (Å²) in [4.78, 5) is 16.1. The van der Waals surface area contributed by atoms with Crippen molar-refractivity contribution in [1.29, 1.82) is 0 Å². The molecule has 5 nitrogen and oxygen atoms in total. The van der Waals surface area contributed by atoms with Gasteiger partial charge in [-0.15, -0.1) is 0 Å². The summed E-state index contributed by atoms with van der Waals surface area (Å²) in [6.45, 7) is 4.17. The van der Waals surface area contributed by atoms with E-state index in [0.717, 1.165) is 17.4 Å². The van der Waals surface area contributed by atoms with Crippen molar-refractivity contribution in [2.24, 2.45) is 0 Å². The number of nitrogens with one attached hydrogen (secondary N) is 1. The molecular formula is C13H16F2N4O. The summed E-state index contributed by atoms with van der Waals surface area (Å²) in [5.74, 6) is -0.341. The molecule has 2 rings (SSSR count). The number of aromatic nitrogens is 3. The van der Waals surface area contributed by atoms with Crippen molar-refractivity contribution < 1.29 is 13.6 Å². The lowest BCUT2D eigenvalue weighted by Gasteiger charge is -2.06. The number of amides is 1. The Morgan fingerprint density at radius 3 is 2.90 bits per heavy atom. The molecule has 2 aromatic rings. The lowest BCUT2D eigenvalue weighted by molar-refractivity contribution is 0.0954. The van der Waals surface area contributed by atoms with Crippen LogP contribution in [0.15, 0.2) is 12.3 Å². The van der Waals surface area contributed by atoms with E-state index in [9.17, 15) is 13.6 Å². The van der Waals surface area contributed by atoms with Gasteiger partial charge < -0.3 is 5.32 Å². The first kappa shape index (κ1) is 14.4. The van der Waals surface area contributed by atoms with Crippen LogP contribution in [-0.2, 0) is 0 Å². The molecule has 0 aliphatic heterocycles. The van der Waals surface area contributed by atoms with Crippen molar-refractivity contribution in [2.75, 3.05) is 6.54 Å². The third-order valence-electron chi connectivity index (χ3n) is 2.91. The number of alkyl halides is 2. The molecule has 0 fully saturated rings. The lowest BCUT2D eigenvalue weighted by atomic mass is 10.2. The maximum Gasteiger partial charge on any atom is 0.280 e. The first-order valence-corrected chi connectivity index (χ1v) is 6.46. The fourth-order valence-electron chi connectivity index (χ4n) is 1.90. The summed E-state index contributed by atoms with van der Waals surface area (Å²) in [6.07, 6.45) is 0.423. The Labute approximate surface area is 115 Å². The summed E-state index contributed by atoms with van der Waals surface area (Å²) in [5, 5.41) is 6.57. The van der Waals surface area contributed by atoms with Gasteiger partial charge in [0.15, 0.2) is 5.65 Å². The van der Waals surface area contributed by atoms with E-state index in [4.69, 9.17) is 0 Å². The van der Waals surface area contributed by atoms with Crippen molar-refractivity contribution >= 4 is 11.6 Å². The zero-order valence-corrected chi connectivity index (χ0v) is 11.4. The quantitative estimate of drug-likeness (QED) is 0.857. The molecule has 108 valence electrons. The van der Waals surface area contributed by atoms with E-state index in [0.29, 0.717) is 12.2 Å². The smallest absolute Gasteiger partial charge is 0.280 e. The topological polar surface area (TPSA) is 59.3 Å². The van der Waals surface area contributed by atoms with Gasteiger partial charge in [-0.25, -0.2) is 18.3 Å². The van der Waals surface area contributed by atoms with Crippen molar-refractivity contribution in [3.05, 3.63) is 29.2 Å². The SMILES string of the molecule is CCCCNC(=O)c1cnn2c(C(F)F)cc(C)nc12. The van der Waals surface area contributed by atoms with Crippen LogP contribution in [0.3, 0.4) is 0 Å². The van der Waals surface area contributed by atoms with Gasteiger partial charge in [0.05, 0.1) is 6.20 Å². The van der Waals surface area contributed by atoms with Gasteiger partial charge in [-0.3, -0.25) is 4.79 Å². The summed E-state index contributed by atoms with van der Waals surface area (Å²) in [5.41, 5.74) is 0.539. The Hall–Kier alpha value is -2.05. The maximum absolute atomic E-state index is 12.9.